The van der Waals surface area contributed by atoms with Crippen LogP contribution in [0.4, 0.5) is 4.39 Å². The van der Waals surface area contributed by atoms with Crippen LogP contribution in [0.15, 0.2) is 18.2 Å². The molecule has 0 aromatic heterocycles. The third-order valence-electron chi connectivity index (χ3n) is 6.19. The van der Waals surface area contributed by atoms with Crippen molar-refractivity contribution in [3.8, 4) is 0 Å². The van der Waals surface area contributed by atoms with E-state index in [0.29, 0.717) is 12.0 Å². The fourth-order valence-corrected chi connectivity index (χ4v) is 5.76. The quantitative estimate of drug-likeness (QED) is 0.863. The molecule has 2 heteroatoms. The summed E-state index contributed by atoms with van der Waals surface area (Å²) in [5.41, 5.74) is 2.35. The Bertz CT molecular complexity index is 501. The second kappa shape index (κ2) is 5.08. The average molecular weight is 287 g/mol. The van der Waals surface area contributed by atoms with E-state index in [-0.39, 0.29) is 5.82 Å². The second-order valence-electron chi connectivity index (χ2n) is 8.12. The Morgan fingerprint density at radius 3 is 2.29 bits per heavy atom. The molecule has 0 spiro atoms. The summed E-state index contributed by atoms with van der Waals surface area (Å²) >= 11 is 0. The molecule has 4 aliphatic carbocycles. The molecule has 1 nitrogen and oxygen atoms in total. The molecular formula is C19H26FN. The fraction of sp³-hybridized carbons (Fsp3) is 0.684. The van der Waals surface area contributed by atoms with Gasteiger partial charge in [0.15, 0.2) is 0 Å². The van der Waals surface area contributed by atoms with Crippen molar-refractivity contribution in [2.45, 2.75) is 52.0 Å². The predicted molar refractivity (Wildman–Crippen MR) is 83.4 cm³/mol. The third-order valence-corrected chi connectivity index (χ3v) is 6.19. The van der Waals surface area contributed by atoms with Gasteiger partial charge in [0, 0.05) is 18.7 Å². The Hall–Kier alpha value is -0.890. The van der Waals surface area contributed by atoms with Gasteiger partial charge in [-0.15, -0.1) is 0 Å². The summed E-state index contributed by atoms with van der Waals surface area (Å²) in [5, 5.41) is 3.58. The van der Waals surface area contributed by atoms with Gasteiger partial charge in [-0.2, -0.15) is 0 Å². The SMILES string of the molecule is Cc1ccc(CNCC23CC4CC(CC(C4)C2)C3)c(F)c1. The number of aryl methyl sites for hydroxylation is 1. The van der Waals surface area contributed by atoms with Gasteiger partial charge in [0.1, 0.15) is 5.82 Å². The van der Waals surface area contributed by atoms with Gasteiger partial charge in [0.25, 0.3) is 0 Å². The normalized spacial score (nSPS) is 37.1. The van der Waals surface area contributed by atoms with E-state index in [0.717, 1.165) is 35.4 Å². The highest BCUT2D eigenvalue weighted by Gasteiger charge is 2.50. The van der Waals surface area contributed by atoms with E-state index in [9.17, 15) is 4.39 Å². The molecule has 4 bridgehead atoms. The van der Waals surface area contributed by atoms with Crippen molar-refractivity contribution in [3.05, 3.63) is 35.1 Å². The molecule has 21 heavy (non-hydrogen) atoms. The Kier molecular flexibility index (Phi) is 3.33. The Morgan fingerprint density at radius 2 is 1.71 bits per heavy atom. The van der Waals surface area contributed by atoms with Gasteiger partial charge in [0.2, 0.25) is 0 Å². The highest BCUT2D eigenvalue weighted by atomic mass is 19.1. The summed E-state index contributed by atoms with van der Waals surface area (Å²) in [7, 11) is 0. The summed E-state index contributed by atoms with van der Waals surface area (Å²) in [5.74, 6) is 2.92. The maximum absolute atomic E-state index is 13.9. The zero-order valence-electron chi connectivity index (χ0n) is 13.0. The largest absolute Gasteiger partial charge is 0.312 e. The maximum atomic E-state index is 13.9. The molecule has 1 N–H and O–H groups in total. The Balaban J connectivity index is 1.38. The van der Waals surface area contributed by atoms with Crippen LogP contribution in [0.3, 0.4) is 0 Å². The van der Waals surface area contributed by atoms with Crippen LogP contribution in [0.25, 0.3) is 0 Å². The molecule has 114 valence electrons. The molecule has 0 atom stereocenters. The molecule has 0 saturated heterocycles. The van der Waals surface area contributed by atoms with Crippen LogP contribution in [0, 0.1) is 35.9 Å². The minimum absolute atomic E-state index is 0.0620. The first-order valence-electron chi connectivity index (χ1n) is 8.58. The van der Waals surface area contributed by atoms with Crippen LogP contribution in [0.1, 0.15) is 49.7 Å². The average Bonchev–Trinajstić information content (AvgIpc) is 2.39. The van der Waals surface area contributed by atoms with Gasteiger partial charge >= 0.3 is 0 Å². The van der Waals surface area contributed by atoms with Crippen LogP contribution in [0.2, 0.25) is 0 Å². The first kappa shape index (κ1) is 13.8. The Labute approximate surface area is 127 Å². The summed E-state index contributed by atoms with van der Waals surface area (Å²) in [6, 6.07) is 5.57. The number of hydrogen-bond donors (Lipinski definition) is 1. The molecule has 5 rings (SSSR count). The fourth-order valence-electron chi connectivity index (χ4n) is 5.76. The lowest BCUT2D eigenvalue weighted by atomic mass is 9.49. The summed E-state index contributed by atoms with van der Waals surface area (Å²) in [6.45, 7) is 3.70. The van der Waals surface area contributed by atoms with Crippen LogP contribution >= 0.6 is 0 Å². The van der Waals surface area contributed by atoms with Crippen molar-refractivity contribution in [2.24, 2.45) is 23.2 Å². The molecule has 0 amide bonds. The van der Waals surface area contributed by atoms with E-state index >= 15 is 0 Å². The number of nitrogens with one attached hydrogen (secondary N) is 1. The van der Waals surface area contributed by atoms with E-state index in [1.165, 1.54) is 38.5 Å². The molecule has 0 heterocycles. The summed E-state index contributed by atoms with van der Waals surface area (Å²) < 4.78 is 13.9. The van der Waals surface area contributed by atoms with Gasteiger partial charge in [0.05, 0.1) is 0 Å². The second-order valence-corrected chi connectivity index (χ2v) is 8.12. The molecule has 0 radical (unpaired) electrons. The lowest BCUT2D eigenvalue weighted by Crippen LogP contribution is -2.50. The first-order chi connectivity index (χ1) is 10.1. The smallest absolute Gasteiger partial charge is 0.127 e. The van der Waals surface area contributed by atoms with E-state index in [4.69, 9.17) is 0 Å². The van der Waals surface area contributed by atoms with Crippen LogP contribution in [-0.4, -0.2) is 6.54 Å². The lowest BCUT2D eigenvalue weighted by Gasteiger charge is -2.57. The van der Waals surface area contributed by atoms with E-state index in [1.54, 1.807) is 6.07 Å². The molecular weight excluding hydrogens is 261 g/mol. The van der Waals surface area contributed by atoms with E-state index in [1.807, 2.05) is 19.1 Å². The van der Waals surface area contributed by atoms with E-state index < -0.39 is 0 Å². The monoisotopic (exact) mass is 287 g/mol. The third kappa shape index (κ3) is 2.63. The van der Waals surface area contributed by atoms with Gasteiger partial charge in [-0.05, 0) is 80.2 Å². The maximum Gasteiger partial charge on any atom is 0.127 e. The molecule has 4 fully saturated rings. The van der Waals surface area contributed by atoms with Crippen molar-refractivity contribution >= 4 is 0 Å². The lowest BCUT2D eigenvalue weighted by molar-refractivity contribution is -0.0514. The standard InChI is InChI=1S/C19H26FN/c1-13-2-3-17(18(20)4-13)11-21-12-19-8-14-5-15(9-19)7-16(6-14)10-19/h2-4,14-16,21H,5-12H2,1H3. The molecule has 0 aliphatic heterocycles. The van der Waals surface area contributed by atoms with Crippen molar-refractivity contribution in [3.63, 3.8) is 0 Å². The Morgan fingerprint density at radius 1 is 1.10 bits per heavy atom. The zero-order valence-corrected chi connectivity index (χ0v) is 13.0. The van der Waals surface area contributed by atoms with Crippen molar-refractivity contribution in [2.75, 3.05) is 6.54 Å². The number of rotatable bonds is 4. The van der Waals surface area contributed by atoms with Crippen LogP contribution in [0.5, 0.6) is 0 Å². The number of benzene rings is 1. The van der Waals surface area contributed by atoms with Crippen LogP contribution < -0.4 is 5.32 Å². The highest BCUT2D eigenvalue weighted by molar-refractivity contribution is 5.23. The predicted octanol–water partition coefficient (Wildman–Crippen LogP) is 4.44. The molecule has 4 saturated carbocycles. The van der Waals surface area contributed by atoms with Crippen molar-refractivity contribution < 1.29 is 4.39 Å². The molecule has 4 aliphatic rings. The topological polar surface area (TPSA) is 12.0 Å². The molecule has 0 unspecified atom stereocenters. The number of hydrogen-bond acceptors (Lipinski definition) is 1. The minimum atomic E-state index is -0.0620. The highest BCUT2D eigenvalue weighted by Crippen LogP contribution is 2.59. The van der Waals surface area contributed by atoms with Gasteiger partial charge in [-0.25, -0.2) is 4.39 Å². The van der Waals surface area contributed by atoms with Gasteiger partial charge in [-0.3, -0.25) is 0 Å². The van der Waals surface area contributed by atoms with Crippen LogP contribution in [-0.2, 0) is 6.54 Å². The van der Waals surface area contributed by atoms with Crippen molar-refractivity contribution in [1.29, 1.82) is 0 Å². The number of halogens is 1. The summed E-state index contributed by atoms with van der Waals surface area (Å²) in [4.78, 5) is 0. The van der Waals surface area contributed by atoms with E-state index in [2.05, 4.69) is 5.32 Å². The minimum Gasteiger partial charge on any atom is -0.312 e. The van der Waals surface area contributed by atoms with Crippen molar-refractivity contribution in [1.82, 2.24) is 5.32 Å². The first-order valence-corrected chi connectivity index (χ1v) is 8.58. The zero-order chi connectivity index (χ0) is 14.4. The van der Waals surface area contributed by atoms with Gasteiger partial charge in [-0.1, -0.05) is 12.1 Å². The molecule has 1 aromatic carbocycles. The molecule has 1 aromatic rings. The van der Waals surface area contributed by atoms with Gasteiger partial charge < -0.3 is 5.32 Å². The summed E-state index contributed by atoms with van der Waals surface area (Å²) in [6.07, 6.45) is 8.73.